The van der Waals surface area contributed by atoms with E-state index in [9.17, 15) is 14.7 Å². The highest BCUT2D eigenvalue weighted by Crippen LogP contribution is 2.17. The van der Waals surface area contributed by atoms with Crippen LogP contribution in [0.4, 0.5) is 0 Å². The number of hydrogen-bond donors (Lipinski definition) is 1. The zero-order chi connectivity index (χ0) is 50.6. The molecule has 0 heterocycles. The fraction of sp³-hybridized carbons (Fsp3) is 0.785. The van der Waals surface area contributed by atoms with E-state index in [1.54, 1.807) is 0 Å². The van der Waals surface area contributed by atoms with Crippen molar-refractivity contribution in [1.82, 2.24) is 0 Å². The van der Waals surface area contributed by atoms with Crippen molar-refractivity contribution in [3.63, 3.8) is 0 Å². The van der Waals surface area contributed by atoms with E-state index in [0.717, 1.165) is 77.0 Å². The van der Waals surface area contributed by atoms with E-state index < -0.39 is 6.10 Å². The van der Waals surface area contributed by atoms with Crippen molar-refractivity contribution in [2.75, 3.05) is 13.2 Å². The number of aliphatic hydroxyl groups excluding tert-OH is 1. The Morgan fingerprint density at radius 2 is 0.614 bits per heavy atom. The van der Waals surface area contributed by atoms with Crippen LogP contribution < -0.4 is 0 Å². The van der Waals surface area contributed by atoms with E-state index in [0.29, 0.717) is 12.8 Å². The second-order valence-electron chi connectivity index (χ2n) is 20.4. The van der Waals surface area contributed by atoms with E-state index in [-0.39, 0.29) is 25.2 Å². The van der Waals surface area contributed by atoms with Gasteiger partial charge in [-0.1, -0.05) is 286 Å². The summed E-state index contributed by atoms with van der Waals surface area (Å²) >= 11 is 0. The fourth-order valence-electron chi connectivity index (χ4n) is 8.93. The molecule has 0 aromatic carbocycles. The van der Waals surface area contributed by atoms with Crippen molar-refractivity contribution < 1.29 is 24.2 Å². The number of hydrogen-bond acceptors (Lipinski definition) is 5. The van der Waals surface area contributed by atoms with Crippen molar-refractivity contribution >= 4 is 11.9 Å². The fourth-order valence-corrected chi connectivity index (χ4v) is 8.93. The van der Waals surface area contributed by atoms with Gasteiger partial charge in [-0.05, 0) is 83.5 Å². The van der Waals surface area contributed by atoms with Crippen LogP contribution in [0.15, 0.2) is 72.9 Å². The van der Waals surface area contributed by atoms with Crippen LogP contribution in [0.2, 0.25) is 0 Å². The van der Waals surface area contributed by atoms with Crippen LogP contribution in [0.1, 0.15) is 309 Å². The maximum Gasteiger partial charge on any atom is 0.306 e. The highest BCUT2D eigenvalue weighted by molar-refractivity contribution is 5.70. The minimum atomic E-state index is -0.775. The molecule has 0 aliphatic heterocycles. The molecule has 0 fully saturated rings. The summed E-state index contributed by atoms with van der Waals surface area (Å²) in [5, 5.41) is 9.65. The van der Waals surface area contributed by atoms with Crippen LogP contribution in [0.25, 0.3) is 0 Å². The molecule has 0 saturated carbocycles. The summed E-state index contributed by atoms with van der Waals surface area (Å²) in [5.41, 5.74) is 0. The first-order valence-corrected chi connectivity index (χ1v) is 30.5. The van der Waals surface area contributed by atoms with Crippen molar-refractivity contribution in [3.8, 4) is 0 Å². The van der Waals surface area contributed by atoms with E-state index in [1.807, 2.05) is 0 Å². The molecular weight excluding hydrogens is 861 g/mol. The van der Waals surface area contributed by atoms with Crippen LogP contribution in [0.3, 0.4) is 0 Å². The third kappa shape index (κ3) is 57.9. The molecule has 0 bridgehead atoms. The lowest BCUT2D eigenvalue weighted by Gasteiger charge is -2.15. The lowest BCUT2D eigenvalue weighted by atomic mass is 10.0. The molecule has 0 aromatic rings. The molecule has 0 aliphatic rings. The van der Waals surface area contributed by atoms with Gasteiger partial charge < -0.3 is 14.6 Å². The van der Waals surface area contributed by atoms with Gasteiger partial charge in [0.2, 0.25) is 0 Å². The van der Waals surface area contributed by atoms with Crippen molar-refractivity contribution in [3.05, 3.63) is 72.9 Å². The van der Waals surface area contributed by atoms with Gasteiger partial charge in [0, 0.05) is 12.8 Å². The van der Waals surface area contributed by atoms with Gasteiger partial charge in [-0.25, -0.2) is 0 Å². The number of carbonyl (C=O) groups excluding carboxylic acids is 2. The Morgan fingerprint density at radius 1 is 0.343 bits per heavy atom. The molecule has 0 aromatic heterocycles. The van der Waals surface area contributed by atoms with E-state index >= 15 is 0 Å². The van der Waals surface area contributed by atoms with Crippen LogP contribution in [-0.4, -0.2) is 36.4 Å². The molecule has 0 aliphatic carbocycles. The Balaban J connectivity index is 3.40. The number of ether oxygens (including phenoxy) is 2. The highest BCUT2D eigenvalue weighted by Gasteiger charge is 2.16. The molecule has 0 spiro atoms. The Kier molecular flexibility index (Phi) is 58.3. The molecule has 0 rings (SSSR count). The van der Waals surface area contributed by atoms with Gasteiger partial charge in [-0.15, -0.1) is 0 Å². The average Bonchev–Trinajstić information content (AvgIpc) is 3.36. The summed E-state index contributed by atoms with van der Waals surface area (Å²) in [7, 11) is 0. The lowest BCUT2D eigenvalue weighted by molar-refractivity contribution is -0.161. The van der Waals surface area contributed by atoms with E-state index in [4.69, 9.17) is 9.47 Å². The first-order valence-electron chi connectivity index (χ1n) is 30.5. The van der Waals surface area contributed by atoms with Crippen LogP contribution >= 0.6 is 0 Å². The maximum atomic E-state index is 12.3. The summed E-state index contributed by atoms with van der Waals surface area (Å²) in [4.78, 5) is 24.5. The number of aliphatic hydroxyl groups is 1. The van der Waals surface area contributed by atoms with E-state index in [2.05, 4.69) is 86.8 Å². The number of rotatable bonds is 56. The Labute approximate surface area is 435 Å². The minimum absolute atomic E-state index is 0.0678. The Morgan fingerprint density at radius 3 is 0.929 bits per heavy atom. The van der Waals surface area contributed by atoms with Crippen molar-refractivity contribution in [1.29, 1.82) is 0 Å². The molecule has 1 N–H and O–H groups in total. The zero-order valence-electron chi connectivity index (χ0n) is 46.5. The molecule has 0 radical (unpaired) electrons. The molecule has 1 unspecified atom stereocenters. The number of esters is 2. The highest BCUT2D eigenvalue weighted by atomic mass is 16.6. The molecule has 5 heteroatoms. The van der Waals surface area contributed by atoms with Gasteiger partial charge in [0.15, 0.2) is 6.10 Å². The Bertz CT molecular complexity index is 1240. The largest absolute Gasteiger partial charge is 0.462 e. The minimum Gasteiger partial charge on any atom is -0.462 e. The van der Waals surface area contributed by atoms with Gasteiger partial charge in [-0.2, -0.15) is 0 Å². The van der Waals surface area contributed by atoms with Crippen LogP contribution in [0.5, 0.6) is 0 Å². The van der Waals surface area contributed by atoms with E-state index in [1.165, 1.54) is 205 Å². The summed E-state index contributed by atoms with van der Waals surface area (Å²) in [5.74, 6) is -0.587. The molecule has 1 atom stereocenters. The van der Waals surface area contributed by atoms with Gasteiger partial charge in [-0.3, -0.25) is 9.59 Å². The van der Waals surface area contributed by atoms with Crippen molar-refractivity contribution in [2.24, 2.45) is 0 Å². The van der Waals surface area contributed by atoms with Crippen molar-refractivity contribution in [2.45, 2.75) is 315 Å². The van der Waals surface area contributed by atoms with Gasteiger partial charge in [0.05, 0.1) is 6.61 Å². The maximum absolute atomic E-state index is 12.3. The summed E-state index contributed by atoms with van der Waals surface area (Å²) < 4.78 is 10.7. The first kappa shape index (κ1) is 67.3. The third-order valence-electron chi connectivity index (χ3n) is 13.5. The Hall–Kier alpha value is -2.66. The zero-order valence-corrected chi connectivity index (χ0v) is 46.5. The SMILES string of the molecule is CC/C=C\C/C=C\C/C=C\C/C=C\CCCCCCCCCCCCCCCCCCCCCCCCCCCCC(=O)OC(CO)COC(=O)CCCCCCCCC/C=C\C/C=C\CCCCC. The smallest absolute Gasteiger partial charge is 0.306 e. The number of unbranched alkanes of at least 4 members (excludes halogenated alkanes) is 36. The van der Waals surface area contributed by atoms with Crippen LogP contribution in [-0.2, 0) is 19.1 Å². The number of carbonyl (C=O) groups is 2. The molecule has 0 saturated heterocycles. The summed E-state index contributed by atoms with van der Waals surface area (Å²) in [6.07, 6.45) is 83.4. The second-order valence-corrected chi connectivity index (χ2v) is 20.4. The summed E-state index contributed by atoms with van der Waals surface area (Å²) in [6.45, 7) is 4.02. The molecule has 406 valence electrons. The standard InChI is InChI=1S/C65H116O5/c1-3-5-7-9-11-13-15-17-19-21-22-23-24-25-26-27-28-29-30-31-32-33-34-35-36-37-38-39-40-41-42-44-46-48-50-52-54-56-58-60-65(68)70-63(61-66)62-69-64(67)59-57-55-53-51-49-47-45-43-20-18-16-14-12-10-8-6-4-2/h5,7,11-14,17-20,22-23,63,66H,3-4,6,8-10,15-16,21,24-62H2,1-2H3/b7-5-,13-11-,14-12-,19-17-,20-18-,23-22-. The van der Waals surface area contributed by atoms with Gasteiger partial charge in [0.25, 0.3) is 0 Å². The van der Waals surface area contributed by atoms with Crippen LogP contribution in [0, 0.1) is 0 Å². The quantitative estimate of drug-likeness (QED) is 0.0373. The number of allylic oxidation sites excluding steroid dienone is 12. The molecular formula is C65H116O5. The molecule has 5 nitrogen and oxygen atoms in total. The monoisotopic (exact) mass is 977 g/mol. The third-order valence-corrected chi connectivity index (χ3v) is 13.5. The predicted octanol–water partition coefficient (Wildman–Crippen LogP) is 20.8. The second kappa shape index (κ2) is 60.6. The summed E-state index contributed by atoms with van der Waals surface area (Å²) in [6, 6.07) is 0. The normalized spacial score (nSPS) is 12.7. The lowest BCUT2D eigenvalue weighted by Crippen LogP contribution is -2.28. The predicted molar refractivity (Wildman–Crippen MR) is 306 cm³/mol. The molecule has 0 amide bonds. The first-order chi connectivity index (χ1) is 34.6. The average molecular weight is 978 g/mol. The van der Waals surface area contributed by atoms with Gasteiger partial charge in [0.1, 0.15) is 6.61 Å². The van der Waals surface area contributed by atoms with Gasteiger partial charge >= 0.3 is 11.9 Å². The molecule has 70 heavy (non-hydrogen) atoms. The topological polar surface area (TPSA) is 72.8 Å².